The molecule has 1 saturated heterocycles. The molecule has 6 heteroatoms. The normalized spacial score (nSPS) is 24.7. The van der Waals surface area contributed by atoms with E-state index in [9.17, 15) is 15.2 Å². The second-order valence-corrected chi connectivity index (χ2v) is 4.97. The first-order valence-corrected chi connectivity index (χ1v) is 6.06. The molecule has 1 N–H and O–H groups in total. The molecule has 2 heterocycles. The van der Waals surface area contributed by atoms with E-state index in [1.807, 2.05) is 6.92 Å². The molecule has 18 heavy (non-hydrogen) atoms. The summed E-state index contributed by atoms with van der Waals surface area (Å²) in [6.07, 6.45) is 3.63. The van der Waals surface area contributed by atoms with Gasteiger partial charge in [-0.15, -0.1) is 0 Å². The van der Waals surface area contributed by atoms with Crippen LogP contribution in [0.5, 0.6) is 0 Å². The SMILES string of the molecule is CC1(O)CCCN(c2ccc([N+](=O)[O-])cn2)CC1. The van der Waals surface area contributed by atoms with E-state index in [2.05, 4.69) is 9.88 Å². The van der Waals surface area contributed by atoms with Gasteiger partial charge in [-0.25, -0.2) is 4.98 Å². The van der Waals surface area contributed by atoms with Crippen LogP contribution >= 0.6 is 0 Å². The Morgan fingerprint density at radius 1 is 1.44 bits per heavy atom. The van der Waals surface area contributed by atoms with E-state index < -0.39 is 10.5 Å². The second kappa shape index (κ2) is 4.89. The standard InChI is InChI=1S/C12H17N3O3/c1-12(16)5-2-7-14(8-6-12)11-4-3-10(9-13-11)15(17)18/h3-4,9,16H,2,5-8H2,1H3. The van der Waals surface area contributed by atoms with Crippen LogP contribution in [0.1, 0.15) is 26.2 Å². The van der Waals surface area contributed by atoms with Crippen molar-refractivity contribution in [1.82, 2.24) is 4.98 Å². The highest BCUT2D eigenvalue weighted by atomic mass is 16.6. The van der Waals surface area contributed by atoms with Gasteiger partial charge in [-0.1, -0.05) is 0 Å². The number of rotatable bonds is 2. The van der Waals surface area contributed by atoms with Crippen LogP contribution in [-0.2, 0) is 0 Å². The van der Waals surface area contributed by atoms with Gasteiger partial charge in [-0.05, 0) is 32.3 Å². The monoisotopic (exact) mass is 251 g/mol. The molecule has 98 valence electrons. The van der Waals surface area contributed by atoms with E-state index >= 15 is 0 Å². The molecule has 1 aliphatic heterocycles. The number of hydrogen-bond acceptors (Lipinski definition) is 5. The van der Waals surface area contributed by atoms with E-state index in [1.54, 1.807) is 6.07 Å². The van der Waals surface area contributed by atoms with E-state index in [0.29, 0.717) is 6.42 Å². The number of aromatic nitrogens is 1. The highest BCUT2D eigenvalue weighted by Crippen LogP contribution is 2.24. The largest absolute Gasteiger partial charge is 0.390 e. The summed E-state index contributed by atoms with van der Waals surface area (Å²) in [5, 5.41) is 20.5. The van der Waals surface area contributed by atoms with Crippen LogP contribution in [0.3, 0.4) is 0 Å². The van der Waals surface area contributed by atoms with Gasteiger partial charge in [-0.2, -0.15) is 0 Å². The van der Waals surface area contributed by atoms with Crippen molar-refractivity contribution in [3.63, 3.8) is 0 Å². The summed E-state index contributed by atoms with van der Waals surface area (Å²) in [5.41, 5.74) is -0.615. The molecule has 1 aliphatic rings. The van der Waals surface area contributed by atoms with Crippen molar-refractivity contribution in [2.45, 2.75) is 31.8 Å². The quantitative estimate of drug-likeness (QED) is 0.639. The Morgan fingerprint density at radius 2 is 2.22 bits per heavy atom. The van der Waals surface area contributed by atoms with Crippen LogP contribution < -0.4 is 4.90 Å². The Labute approximate surface area is 105 Å². The summed E-state index contributed by atoms with van der Waals surface area (Å²) in [6, 6.07) is 3.13. The summed E-state index contributed by atoms with van der Waals surface area (Å²) in [6.45, 7) is 3.39. The molecule has 6 nitrogen and oxygen atoms in total. The molecule has 1 aromatic rings. The van der Waals surface area contributed by atoms with Crippen molar-refractivity contribution in [3.8, 4) is 0 Å². The van der Waals surface area contributed by atoms with Gasteiger partial charge in [0.15, 0.2) is 0 Å². The summed E-state index contributed by atoms with van der Waals surface area (Å²) < 4.78 is 0. The molecule has 1 unspecified atom stereocenters. The molecule has 0 spiro atoms. The van der Waals surface area contributed by atoms with Crippen LogP contribution in [0.2, 0.25) is 0 Å². The number of anilines is 1. The molecule has 2 rings (SSSR count). The van der Waals surface area contributed by atoms with E-state index in [1.165, 1.54) is 12.3 Å². The highest BCUT2D eigenvalue weighted by Gasteiger charge is 2.25. The average Bonchev–Trinajstić information content (AvgIpc) is 2.50. The number of hydrogen-bond donors (Lipinski definition) is 1. The Morgan fingerprint density at radius 3 is 2.83 bits per heavy atom. The first kappa shape index (κ1) is 12.8. The van der Waals surface area contributed by atoms with Crippen LogP contribution in [-0.4, -0.2) is 33.7 Å². The van der Waals surface area contributed by atoms with Crippen molar-refractivity contribution in [3.05, 3.63) is 28.4 Å². The van der Waals surface area contributed by atoms with Crippen molar-refractivity contribution in [2.75, 3.05) is 18.0 Å². The van der Waals surface area contributed by atoms with Crippen LogP contribution in [0, 0.1) is 10.1 Å². The number of nitrogens with zero attached hydrogens (tertiary/aromatic N) is 3. The fourth-order valence-corrected chi connectivity index (χ4v) is 2.17. The molecule has 1 fully saturated rings. The summed E-state index contributed by atoms with van der Waals surface area (Å²) in [5.74, 6) is 0.735. The summed E-state index contributed by atoms with van der Waals surface area (Å²) in [7, 11) is 0. The maximum atomic E-state index is 10.5. The van der Waals surface area contributed by atoms with Gasteiger partial charge in [-0.3, -0.25) is 10.1 Å². The predicted molar refractivity (Wildman–Crippen MR) is 67.6 cm³/mol. The van der Waals surface area contributed by atoms with Gasteiger partial charge in [0.1, 0.15) is 12.0 Å². The Kier molecular flexibility index (Phi) is 3.47. The van der Waals surface area contributed by atoms with Gasteiger partial charge in [0.25, 0.3) is 5.69 Å². The number of nitro groups is 1. The topological polar surface area (TPSA) is 79.5 Å². The predicted octanol–water partition coefficient (Wildman–Crippen LogP) is 1.73. The van der Waals surface area contributed by atoms with Crippen molar-refractivity contribution in [2.24, 2.45) is 0 Å². The maximum Gasteiger partial charge on any atom is 0.287 e. The number of aliphatic hydroxyl groups is 1. The second-order valence-electron chi connectivity index (χ2n) is 4.97. The van der Waals surface area contributed by atoms with Crippen LogP contribution in [0.25, 0.3) is 0 Å². The van der Waals surface area contributed by atoms with Crippen LogP contribution in [0.15, 0.2) is 18.3 Å². The fraction of sp³-hybridized carbons (Fsp3) is 0.583. The molecule has 0 aromatic carbocycles. The minimum Gasteiger partial charge on any atom is -0.390 e. The third-order valence-corrected chi connectivity index (χ3v) is 3.33. The molecule has 0 radical (unpaired) electrons. The van der Waals surface area contributed by atoms with Crippen LogP contribution in [0.4, 0.5) is 11.5 Å². The summed E-state index contributed by atoms with van der Waals surface area (Å²) >= 11 is 0. The molecular formula is C12H17N3O3. The lowest BCUT2D eigenvalue weighted by Gasteiger charge is -2.23. The zero-order valence-electron chi connectivity index (χ0n) is 10.4. The Balaban J connectivity index is 2.09. The summed E-state index contributed by atoms with van der Waals surface area (Å²) in [4.78, 5) is 16.3. The van der Waals surface area contributed by atoms with E-state index in [-0.39, 0.29) is 5.69 Å². The van der Waals surface area contributed by atoms with Gasteiger partial charge in [0.2, 0.25) is 0 Å². The first-order valence-electron chi connectivity index (χ1n) is 6.06. The average molecular weight is 251 g/mol. The van der Waals surface area contributed by atoms with Gasteiger partial charge >= 0.3 is 0 Å². The molecular weight excluding hydrogens is 234 g/mol. The van der Waals surface area contributed by atoms with Crippen molar-refractivity contribution < 1.29 is 10.0 Å². The lowest BCUT2D eigenvalue weighted by atomic mass is 9.98. The first-order chi connectivity index (χ1) is 8.48. The smallest absolute Gasteiger partial charge is 0.287 e. The Bertz CT molecular complexity index is 431. The van der Waals surface area contributed by atoms with E-state index in [4.69, 9.17) is 0 Å². The van der Waals surface area contributed by atoms with Gasteiger partial charge in [0.05, 0.1) is 10.5 Å². The van der Waals surface area contributed by atoms with Crippen molar-refractivity contribution >= 4 is 11.5 Å². The minimum absolute atomic E-state index is 0.000526. The molecule has 0 saturated carbocycles. The third kappa shape index (κ3) is 2.95. The molecule has 1 aromatic heterocycles. The fourth-order valence-electron chi connectivity index (χ4n) is 2.17. The molecule has 1 atom stereocenters. The molecule has 0 amide bonds. The highest BCUT2D eigenvalue weighted by molar-refractivity contribution is 5.43. The zero-order valence-corrected chi connectivity index (χ0v) is 10.4. The van der Waals surface area contributed by atoms with Crippen molar-refractivity contribution in [1.29, 1.82) is 0 Å². The Hall–Kier alpha value is -1.69. The lowest BCUT2D eigenvalue weighted by molar-refractivity contribution is -0.385. The van der Waals surface area contributed by atoms with Gasteiger partial charge in [0, 0.05) is 19.2 Å². The number of pyridine rings is 1. The molecule has 0 bridgehead atoms. The molecule has 0 aliphatic carbocycles. The van der Waals surface area contributed by atoms with E-state index in [0.717, 1.165) is 31.7 Å². The lowest BCUT2D eigenvalue weighted by Crippen LogP contribution is -2.28. The maximum absolute atomic E-state index is 10.5. The van der Waals surface area contributed by atoms with Gasteiger partial charge < -0.3 is 10.0 Å². The zero-order chi connectivity index (χ0) is 13.2. The third-order valence-electron chi connectivity index (χ3n) is 3.33. The minimum atomic E-state index is -0.616.